The molecule has 3 fully saturated rings. The molecular formula is C22H34ClN7. The van der Waals surface area contributed by atoms with Crippen LogP contribution in [0.5, 0.6) is 0 Å². The summed E-state index contributed by atoms with van der Waals surface area (Å²) in [7, 11) is 0. The molecule has 0 aromatic carbocycles. The summed E-state index contributed by atoms with van der Waals surface area (Å²) >= 11 is 6.26. The lowest BCUT2D eigenvalue weighted by Gasteiger charge is -2.40. The number of hydrazine groups is 1. The Labute approximate surface area is 184 Å². The van der Waals surface area contributed by atoms with Gasteiger partial charge in [0.1, 0.15) is 5.52 Å². The maximum absolute atomic E-state index is 6.26. The molecule has 30 heavy (non-hydrogen) atoms. The Morgan fingerprint density at radius 3 is 2.57 bits per heavy atom. The van der Waals surface area contributed by atoms with E-state index in [9.17, 15) is 0 Å². The van der Waals surface area contributed by atoms with Crippen molar-refractivity contribution in [3.8, 4) is 0 Å². The van der Waals surface area contributed by atoms with E-state index in [1.165, 1.54) is 71.0 Å². The summed E-state index contributed by atoms with van der Waals surface area (Å²) in [5.41, 5.74) is 6.31. The molecule has 0 spiro atoms. The van der Waals surface area contributed by atoms with Crippen LogP contribution in [0.3, 0.4) is 0 Å². The number of aromatic amines is 1. The fourth-order valence-corrected chi connectivity index (χ4v) is 5.88. The Balaban J connectivity index is 1.22. The van der Waals surface area contributed by atoms with Gasteiger partial charge in [-0.05, 0) is 82.1 Å². The first-order chi connectivity index (χ1) is 14.7. The molecule has 8 heteroatoms. The number of rotatable bonds is 6. The van der Waals surface area contributed by atoms with Gasteiger partial charge in [-0.2, -0.15) is 4.98 Å². The number of fused-ring (bicyclic) bond motifs is 1. The van der Waals surface area contributed by atoms with Gasteiger partial charge in [0, 0.05) is 13.1 Å². The van der Waals surface area contributed by atoms with Crippen LogP contribution in [-0.2, 0) is 5.54 Å². The van der Waals surface area contributed by atoms with Crippen LogP contribution in [0, 0.1) is 5.92 Å². The van der Waals surface area contributed by atoms with Crippen molar-refractivity contribution in [3.05, 3.63) is 17.3 Å². The summed E-state index contributed by atoms with van der Waals surface area (Å²) < 4.78 is 0. The highest BCUT2D eigenvalue weighted by Gasteiger charge is 2.41. The lowest BCUT2D eigenvalue weighted by molar-refractivity contribution is 0.0572. The molecule has 1 saturated carbocycles. The van der Waals surface area contributed by atoms with Gasteiger partial charge >= 0.3 is 0 Å². The number of nitrogens with one attached hydrogen (secondary N) is 2. The maximum atomic E-state index is 6.26. The second-order valence-electron chi connectivity index (χ2n) is 9.46. The Morgan fingerprint density at radius 1 is 1.03 bits per heavy atom. The molecule has 0 atom stereocenters. The summed E-state index contributed by atoms with van der Waals surface area (Å²) in [4.78, 5) is 19.2. The predicted molar refractivity (Wildman–Crippen MR) is 119 cm³/mol. The summed E-state index contributed by atoms with van der Waals surface area (Å²) in [6, 6.07) is 0. The molecule has 2 saturated heterocycles. The molecule has 2 aromatic rings. The van der Waals surface area contributed by atoms with Crippen LogP contribution in [0.1, 0.15) is 69.9 Å². The second kappa shape index (κ2) is 9.07. The van der Waals surface area contributed by atoms with Gasteiger partial charge in [-0.1, -0.05) is 19.3 Å². The average Bonchev–Trinajstić information content (AvgIpc) is 3.43. The number of hydrogen-bond donors (Lipinski definition) is 2. The van der Waals surface area contributed by atoms with Crippen molar-refractivity contribution < 1.29 is 0 Å². The molecule has 5 rings (SSSR count). The highest BCUT2D eigenvalue weighted by atomic mass is 35.5. The fraction of sp³-hybridized carbons (Fsp3) is 0.773. The van der Waals surface area contributed by atoms with Gasteiger partial charge < -0.3 is 9.88 Å². The van der Waals surface area contributed by atoms with Gasteiger partial charge in [0.15, 0.2) is 5.65 Å². The van der Waals surface area contributed by atoms with E-state index >= 15 is 0 Å². The minimum Gasteiger partial charge on any atom is -0.342 e. The fourth-order valence-electron chi connectivity index (χ4n) is 5.72. The first-order valence-electron chi connectivity index (χ1n) is 11.8. The lowest BCUT2D eigenvalue weighted by Crippen LogP contribution is -2.54. The van der Waals surface area contributed by atoms with Gasteiger partial charge in [-0.3, -0.25) is 0 Å². The van der Waals surface area contributed by atoms with Gasteiger partial charge in [0.25, 0.3) is 0 Å². The Morgan fingerprint density at radius 2 is 1.80 bits per heavy atom. The van der Waals surface area contributed by atoms with Crippen molar-refractivity contribution in [1.82, 2.24) is 35.3 Å². The van der Waals surface area contributed by atoms with Crippen molar-refractivity contribution in [2.24, 2.45) is 5.92 Å². The number of halogens is 1. The Hall–Kier alpha value is -1.28. The molecule has 2 aliphatic heterocycles. The largest absolute Gasteiger partial charge is 0.342 e. The minimum absolute atomic E-state index is 0.169. The quantitative estimate of drug-likeness (QED) is 0.676. The molecule has 4 heterocycles. The molecule has 1 aliphatic carbocycles. The highest BCUT2D eigenvalue weighted by Crippen LogP contribution is 2.41. The Bertz CT molecular complexity index is 833. The molecule has 164 valence electrons. The summed E-state index contributed by atoms with van der Waals surface area (Å²) in [6.45, 7) is 6.13. The summed E-state index contributed by atoms with van der Waals surface area (Å²) in [6.07, 6.45) is 14.4. The zero-order chi connectivity index (χ0) is 20.4. The van der Waals surface area contributed by atoms with E-state index in [1.807, 2.05) is 0 Å². The predicted octanol–water partition coefficient (Wildman–Crippen LogP) is 3.87. The highest BCUT2D eigenvalue weighted by molar-refractivity contribution is 6.28. The molecule has 3 aliphatic rings. The van der Waals surface area contributed by atoms with E-state index in [0.717, 1.165) is 43.1 Å². The standard InChI is InChI=1S/C22H34ClN7/c23-21-26-19(18-20(27-21)25-16-24-18)22(9-2-3-10-22)28-30-14-7-17(8-15-30)6-13-29-11-4-1-5-12-29/h16-17,28H,1-15H2,(H,24,25,26,27). The minimum atomic E-state index is -0.169. The van der Waals surface area contributed by atoms with E-state index in [4.69, 9.17) is 11.6 Å². The van der Waals surface area contributed by atoms with Gasteiger partial charge in [-0.15, -0.1) is 0 Å². The smallest absolute Gasteiger partial charge is 0.224 e. The molecular weight excluding hydrogens is 398 g/mol. The first kappa shape index (κ1) is 20.6. The number of imidazole rings is 1. The van der Waals surface area contributed by atoms with Crippen LogP contribution in [-0.4, -0.2) is 62.6 Å². The number of piperidine rings is 2. The number of likely N-dealkylation sites (tertiary alicyclic amines) is 1. The Kier molecular flexibility index (Phi) is 6.23. The third-order valence-electron chi connectivity index (χ3n) is 7.46. The molecule has 0 bridgehead atoms. The van der Waals surface area contributed by atoms with Crippen LogP contribution in [0.2, 0.25) is 5.28 Å². The number of nitrogens with zero attached hydrogens (tertiary/aromatic N) is 5. The average molecular weight is 432 g/mol. The van der Waals surface area contributed by atoms with Crippen molar-refractivity contribution in [2.45, 2.75) is 69.7 Å². The first-order valence-corrected chi connectivity index (χ1v) is 12.2. The SMILES string of the molecule is Clc1nc(C2(NN3CCC(CCN4CCCCC4)CC3)CCCC2)c2[nH]cnc2n1. The number of aromatic nitrogens is 4. The molecule has 0 unspecified atom stereocenters. The van der Waals surface area contributed by atoms with E-state index in [1.54, 1.807) is 6.33 Å². The van der Waals surface area contributed by atoms with Gasteiger partial charge in [0.2, 0.25) is 5.28 Å². The maximum Gasteiger partial charge on any atom is 0.224 e. The normalized spacial score (nSPS) is 24.0. The second-order valence-corrected chi connectivity index (χ2v) is 9.80. The van der Waals surface area contributed by atoms with E-state index < -0.39 is 0 Å². The van der Waals surface area contributed by atoms with Crippen LogP contribution in [0.25, 0.3) is 11.2 Å². The summed E-state index contributed by atoms with van der Waals surface area (Å²) in [5, 5.41) is 2.73. The topological polar surface area (TPSA) is 73.0 Å². The van der Waals surface area contributed by atoms with E-state index in [0.29, 0.717) is 5.65 Å². The van der Waals surface area contributed by atoms with Crippen LogP contribution in [0.4, 0.5) is 0 Å². The van der Waals surface area contributed by atoms with Crippen molar-refractivity contribution in [1.29, 1.82) is 0 Å². The van der Waals surface area contributed by atoms with E-state index in [-0.39, 0.29) is 10.8 Å². The zero-order valence-corrected chi connectivity index (χ0v) is 18.6. The summed E-state index contributed by atoms with van der Waals surface area (Å²) in [5.74, 6) is 0.859. The molecule has 2 N–H and O–H groups in total. The molecule has 0 radical (unpaired) electrons. The van der Waals surface area contributed by atoms with Crippen molar-refractivity contribution >= 4 is 22.8 Å². The lowest BCUT2D eigenvalue weighted by atomic mass is 9.91. The number of H-pyrrole nitrogens is 1. The molecule has 0 amide bonds. The van der Waals surface area contributed by atoms with Crippen LogP contribution >= 0.6 is 11.6 Å². The third kappa shape index (κ3) is 4.35. The number of hydrogen-bond acceptors (Lipinski definition) is 6. The van der Waals surface area contributed by atoms with Gasteiger partial charge in [0.05, 0.1) is 17.6 Å². The zero-order valence-electron chi connectivity index (χ0n) is 17.9. The molecule has 2 aromatic heterocycles. The van der Waals surface area contributed by atoms with E-state index in [2.05, 4.69) is 35.3 Å². The van der Waals surface area contributed by atoms with Crippen molar-refractivity contribution in [2.75, 3.05) is 32.7 Å². The molecule has 7 nitrogen and oxygen atoms in total. The van der Waals surface area contributed by atoms with Crippen LogP contribution in [0.15, 0.2) is 6.33 Å². The van der Waals surface area contributed by atoms with Crippen molar-refractivity contribution in [3.63, 3.8) is 0 Å². The third-order valence-corrected chi connectivity index (χ3v) is 7.63. The van der Waals surface area contributed by atoms with Gasteiger partial charge in [-0.25, -0.2) is 20.4 Å². The monoisotopic (exact) mass is 431 g/mol. The van der Waals surface area contributed by atoms with Crippen LogP contribution < -0.4 is 5.43 Å².